The summed E-state index contributed by atoms with van der Waals surface area (Å²) in [5, 5.41) is 1.12. The van der Waals surface area contributed by atoms with Gasteiger partial charge in [0.1, 0.15) is 5.69 Å². The first-order valence-electron chi connectivity index (χ1n) is 5.19. The molecule has 2 nitrogen and oxygen atoms in total. The summed E-state index contributed by atoms with van der Waals surface area (Å²) in [7, 11) is 0. The topological polar surface area (TPSA) is 19.7 Å². The molecule has 0 radical (unpaired) electrons. The second-order valence-electron chi connectivity index (χ2n) is 3.76. The number of hydrogen-bond acceptors (Lipinski definition) is 0. The Morgan fingerprint density at radius 1 is 0.941 bits per heavy atom. The summed E-state index contributed by atoms with van der Waals surface area (Å²) in [6.45, 7) is 0. The van der Waals surface area contributed by atoms with Gasteiger partial charge >= 0.3 is 0 Å². The highest BCUT2D eigenvalue weighted by Crippen LogP contribution is 2.25. The highest BCUT2D eigenvalue weighted by molar-refractivity contribution is 6.42. The van der Waals surface area contributed by atoms with Crippen molar-refractivity contribution in [3.8, 4) is 5.69 Å². The third-order valence-electron chi connectivity index (χ3n) is 2.68. The van der Waals surface area contributed by atoms with Crippen molar-refractivity contribution in [1.29, 1.82) is 0 Å². The van der Waals surface area contributed by atoms with E-state index in [9.17, 15) is 0 Å². The standard InChI is InChI=1S/C13H8Cl2N2/c14-10-6-12-13(7-11(10)15)17(8-16-12)9-4-2-1-3-5-9/h1-8H/p+1. The normalized spacial score (nSPS) is 10.9. The number of aromatic nitrogens is 2. The summed E-state index contributed by atoms with van der Waals surface area (Å²) in [4.78, 5) is 3.17. The number of hydrogen-bond donors (Lipinski definition) is 1. The van der Waals surface area contributed by atoms with Crippen molar-refractivity contribution in [1.82, 2.24) is 4.98 Å². The largest absolute Gasteiger partial charge is 0.247 e. The first-order chi connectivity index (χ1) is 8.25. The Labute approximate surface area is 108 Å². The third kappa shape index (κ3) is 1.79. The molecule has 0 fully saturated rings. The fraction of sp³-hybridized carbons (Fsp3) is 0. The van der Waals surface area contributed by atoms with E-state index in [-0.39, 0.29) is 0 Å². The second-order valence-corrected chi connectivity index (χ2v) is 4.58. The molecule has 0 atom stereocenters. The molecule has 1 heterocycles. The molecule has 2 aromatic carbocycles. The number of para-hydroxylation sites is 1. The second kappa shape index (κ2) is 4.06. The summed E-state index contributed by atoms with van der Waals surface area (Å²) in [5.41, 5.74) is 3.05. The van der Waals surface area contributed by atoms with Crippen LogP contribution >= 0.6 is 23.2 Å². The van der Waals surface area contributed by atoms with Crippen LogP contribution in [0.5, 0.6) is 0 Å². The molecule has 0 aliphatic heterocycles. The van der Waals surface area contributed by atoms with E-state index in [4.69, 9.17) is 23.2 Å². The summed E-state index contributed by atoms with van der Waals surface area (Å²) < 4.78 is 2.04. The molecule has 0 spiro atoms. The van der Waals surface area contributed by atoms with Crippen LogP contribution in [0.15, 0.2) is 48.8 Å². The van der Waals surface area contributed by atoms with E-state index in [1.165, 1.54) is 0 Å². The Hall–Kier alpha value is -1.51. The van der Waals surface area contributed by atoms with E-state index >= 15 is 0 Å². The molecule has 0 saturated carbocycles. The van der Waals surface area contributed by atoms with E-state index in [0.717, 1.165) is 16.7 Å². The van der Waals surface area contributed by atoms with Gasteiger partial charge in [-0.3, -0.25) is 0 Å². The molecule has 1 N–H and O–H groups in total. The van der Waals surface area contributed by atoms with Crippen LogP contribution in [0.2, 0.25) is 10.0 Å². The summed E-state index contributed by atoms with van der Waals surface area (Å²) in [6, 6.07) is 13.8. The maximum Gasteiger partial charge on any atom is 0.247 e. The minimum Gasteiger partial charge on any atom is -0.243 e. The van der Waals surface area contributed by atoms with E-state index in [2.05, 4.69) is 4.98 Å². The zero-order chi connectivity index (χ0) is 11.8. The Balaban J connectivity index is 2.29. The van der Waals surface area contributed by atoms with Gasteiger partial charge in [0, 0.05) is 12.1 Å². The van der Waals surface area contributed by atoms with Crippen molar-refractivity contribution < 1.29 is 4.57 Å². The van der Waals surface area contributed by atoms with E-state index < -0.39 is 0 Å². The number of imidazole rings is 1. The minimum absolute atomic E-state index is 0.557. The molecule has 84 valence electrons. The fourth-order valence-electron chi connectivity index (χ4n) is 1.86. The molecule has 0 unspecified atom stereocenters. The van der Waals surface area contributed by atoms with Crippen molar-refractivity contribution in [2.24, 2.45) is 0 Å². The number of benzene rings is 2. The first kappa shape index (κ1) is 10.6. The number of H-pyrrole nitrogens is 1. The smallest absolute Gasteiger partial charge is 0.243 e. The lowest BCUT2D eigenvalue weighted by molar-refractivity contribution is -0.567. The third-order valence-corrected chi connectivity index (χ3v) is 3.40. The zero-order valence-electron chi connectivity index (χ0n) is 8.82. The van der Waals surface area contributed by atoms with Crippen LogP contribution in [0, 0.1) is 0 Å². The maximum atomic E-state index is 6.04. The molecule has 3 rings (SSSR count). The average molecular weight is 264 g/mol. The van der Waals surface area contributed by atoms with Gasteiger partial charge in [-0.1, -0.05) is 41.4 Å². The SMILES string of the molecule is Clc1cc2[nH]c[n+](-c3ccccc3)c2cc1Cl. The molecule has 0 amide bonds. The van der Waals surface area contributed by atoms with E-state index in [0.29, 0.717) is 10.0 Å². The molecule has 0 aliphatic rings. The molecule has 0 saturated heterocycles. The lowest BCUT2D eigenvalue weighted by Crippen LogP contribution is -2.28. The van der Waals surface area contributed by atoms with Gasteiger partial charge in [0.2, 0.25) is 6.33 Å². The average Bonchev–Trinajstić information content (AvgIpc) is 2.74. The van der Waals surface area contributed by atoms with E-state index in [1.54, 1.807) is 0 Å². The van der Waals surface area contributed by atoms with Gasteiger partial charge in [0.05, 0.1) is 10.0 Å². The minimum atomic E-state index is 0.557. The number of rotatable bonds is 1. The van der Waals surface area contributed by atoms with Crippen molar-refractivity contribution in [3.63, 3.8) is 0 Å². The van der Waals surface area contributed by atoms with Crippen LogP contribution in [0.1, 0.15) is 0 Å². The Morgan fingerprint density at radius 2 is 1.65 bits per heavy atom. The summed E-state index contributed by atoms with van der Waals surface area (Å²) >= 11 is 12.0. The lowest BCUT2D eigenvalue weighted by Gasteiger charge is -1.97. The Bertz CT molecular complexity index is 674. The molecule has 0 bridgehead atoms. The highest BCUT2D eigenvalue weighted by Gasteiger charge is 2.13. The molecule has 17 heavy (non-hydrogen) atoms. The number of nitrogens with zero attached hydrogens (tertiary/aromatic N) is 1. The molecule has 4 heteroatoms. The lowest BCUT2D eigenvalue weighted by atomic mass is 10.3. The van der Waals surface area contributed by atoms with E-state index in [1.807, 2.05) is 53.4 Å². The van der Waals surface area contributed by atoms with Crippen LogP contribution in [0.25, 0.3) is 16.7 Å². The maximum absolute atomic E-state index is 6.04. The van der Waals surface area contributed by atoms with Crippen LogP contribution in [0.4, 0.5) is 0 Å². The van der Waals surface area contributed by atoms with Crippen LogP contribution < -0.4 is 4.57 Å². The quantitative estimate of drug-likeness (QED) is 0.646. The Morgan fingerprint density at radius 3 is 2.41 bits per heavy atom. The molecule has 3 aromatic rings. The number of nitrogens with one attached hydrogen (secondary N) is 1. The van der Waals surface area contributed by atoms with Gasteiger partial charge in [-0.2, -0.15) is 4.57 Å². The van der Waals surface area contributed by atoms with Crippen molar-refractivity contribution in [2.45, 2.75) is 0 Å². The molecule has 1 aromatic heterocycles. The van der Waals surface area contributed by atoms with Gasteiger partial charge in [0.25, 0.3) is 0 Å². The zero-order valence-corrected chi connectivity index (χ0v) is 10.3. The summed E-state index contributed by atoms with van der Waals surface area (Å²) in [6.07, 6.45) is 1.90. The monoisotopic (exact) mass is 263 g/mol. The molecule has 0 aliphatic carbocycles. The van der Waals surface area contributed by atoms with Crippen LogP contribution in [0.3, 0.4) is 0 Å². The van der Waals surface area contributed by atoms with Crippen molar-refractivity contribution in [2.75, 3.05) is 0 Å². The van der Waals surface area contributed by atoms with Gasteiger partial charge in [0.15, 0.2) is 11.0 Å². The molecular weight excluding hydrogens is 255 g/mol. The number of aromatic amines is 1. The van der Waals surface area contributed by atoms with Gasteiger partial charge in [-0.15, -0.1) is 0 Å². The van der Waals surface area contributed by atoms with Crippen LogP contribution in [-0.2, 0) is 0 Å². The van der Waals surface area contributed by atoms with Gasteiger partial charge < -0.3 is 0 Å². The highest BCUT2D eigenvalue weighted by atomic mass is 35.5. The predicted octanol–water partition coefficient (Wildman–Crippen LogP) is 3.75. The number of halogens is 2. The van der Waals surface area contributed by atoms with Crippen molar-refractivity contribution in [3.05, 3.63) is 58.8 Å². The molecular formula is C13H9Cl2N2+. The van der Waals surface area contributed by atoms with Crippen LogP contribution in [-0.4, -0.2) is 4.98 Å². The van der Waals surface area contributed by atoms with Crippen molar-refractivity contribution >= 4 is 34.2 Å². The number of fused-ring (bicyclic) bond motifs is 1. The van der Waals surface area contributed by atoms with Gasteiger partial charge in [-0.05, 0) is 12.1 Å². The Kier molecular flexibility index (Phi) is 2.54. The van der Waals surface area contributed by atoms with Gasteiger partial charge in [-0.25, -0.2) is 4.98 Å². The first-order valence-corrected chi connectivity index (χ1v) is 5.94. The predicted molar refractivity (Wildman–Crippen MR) is 69.9 cm³/mol. The summed E-state index contributed by atoms with van der Waals surface area (Å²) in [5.74, 6) is 0. The fourth-order valence-corrected chi connectivity index (χ4v) is 2.18.